The van der Waals surface area contributed by atoms with Gasteiger partial charge in [-0.3, -0.25) is 14.4 Å². The molecule has 184 valence electrons. The van der Waals surface area contributed by atoms with E-state index < -0.39 is 0 Å². The molecule has 1 aliphatic rings. The highest BCUT2D eigenvalue weighted by atomic mass is 16.2. The Morgan fingerprint density at radius 2 is 2.19 bits per heavy atom. The number of hydrogen-bond acceptors (Lipinski definition) is 7. The minimum Gasteiger partial charge on any atom is -0.359 e. The van der Waals surface area contributed by atoms with Gasteiger partial charge in [0.25, 0.3) is 0 Å². The summed E-state index contributed by atoms with van der Waals surface area (Å²) in [5.74, 6) is 1.44. The van der Waals surface area contributed by atoms with E-state index in [1.165, 1.54) is 0 Å². The fourth-order valence-electron chi connectivity index (χ4n) is 4.71. The van der Waals surface area contributed by atoms with E-state index in [9.17, 15) is 4.79 Å². The van der Waals surface area contributed by atoms with Crippen LogP contribution in [-0.4, -0.2) is 55.2 Å². The number of anilines is 3. The van der Waals surface area contributed by atoms with E-state index in [2.05, 4.69) is 36.7 Å². The van der Waals surface area contributed by atoms with E-state index in [1.807, 2.05) is 51.4 Å². The first-order chi connectivity index (χ1) is 17.4. The molecule has 0 saturated carbocycles. The van der Waals surface area contributed by atoms with Crippen LogP contribution in [0.15, 0.2) is 36.7 Å². The first kappa shape index (κ1) is 23.5. The molecule has 36 heavy (non-hydrogen) atoms. The molecule has 0 aliphatic carbocycles. The summed E-state index contributed by atoms with van der Waals surface area (Å²) in [5.41, 5.74) is 5.27. The number of para-hydroxylation sites is 1. The molecule has 1 atom stereocenters. The first-order valence-electron chi connectivity index (χ1n) is 12.0. The zero-order chi connectivity index (χ0) is 25.2. The van der Waals surface area contributed by atoms with Crippen molar-refractivity contribution in [2.24, 2.45) is 13.0 Å². The van der Waals surface area contributed by atoms with Gasteiger partial charge in [0, 0.05) is 55.1 Å². The Bertz CT molecular complexity index is 1440. The number of aromatic nitrogens is 5. The van der Waals surface area contributed by atoms with Gasteiger partial charge in [0.2, 0.25) is 11.9 Å². The Balaban J connectivity index is 1.36. The van der Waals surface area contributed by atoms with Gasteiger partial charge in [0.15, 0.2) is 5.82 Å². The zero-order valence-corrected chi connectivity index (χ0v) is 20.7. The van der Waals surface area contributed by atoms with Crippen LogP contribution < -0.4 is 10.6 Å². The van der Waals surface area contributed by atoms with E-state index in [1.54, 1.807) is 10.9 Å². The van der Waals surface area contributed by atoms with Gasteiger partial charge in [-0.15, -0.1) is 0 Å². The molecule has 0 unspecified atom stereocenters. The molecule has 3 N–H and O–H groups in total. The summed E-state index contributed by atoms with van der Waals surface area (Å²) in [4.78, 5) is 27.4. The van der Waals surface area contributed by atoms with Crippen LogP contribution >= 0.6 is 0 Å². The summed E-state index contributed by atoms with van der Waals surface area (Å²) in [7, 11) is 1.89. The van der Waals surface area contributed by atoms with Crippen LogP contribution in [0, 0.1) is 31.1 Å². The van der Waals surface area contributed by atoms with E-state index in [0.29, 0.717) is 30.6 Å². The molecule has 3 aromatic heterocycles. The molecule has 1 aliphatic heterocycles. The van der Waals surface area contributed by atoms with E-state index in [-0.39, 0.29) is 5.91 Å². The van der Waals surface area contributed by atoms with Crippen molar-refractivity contribution in [1.29, 1.82) is 5.26 Å². The number of likely N-dealkylation sites (tertiary alicyclic amines) is 1. The minimum atomic E-state index is -0.0633. The number of fused-ring (bicyclic) bond motifs is 1. The maximum atomic E-state index is 12.8. The van der Waals surface area contributed by atoms with E-state index in [0.717, 1.165) is 58.6 Å². The number of aromatic amines is 1. The Morgan fingerprint density at radius 1 is 1.33 bits per heavy atom. The average molecular weight is 484 g/mol. The summed E-state index contributed by atoms with van der Waals surface area (Å²) in [6, 6.07) is 10.0. The predicted octanol–water partition coefficient (Wildman–Crippen LogP) is 3.89. The summed E-state index contributed by atoms with van der Waals surface area (Å²) < 4.78 is 1.79. The van der Waals surface area contributed by atoms with Crippen LogP contribution in [0.2, 0.25) is 0 Å². The number of hydrogen-bond donors (Lipinski definition) is 3. The molecule has 10 heteroatoms. The Hall–Kier alpha value is -4.23. The normalized spacial score (nSPS) is 15.8. The molecule has 1 saturated heterocycles. The Labute approximate surface area is 209 Å². The molecule has 4 heterocycles. The average Bonchev–Trinajstić information content (AvgIpc) is 3.55. The maximum absolute atomic E-state index is 12.8. The summed E-state index contributed by atoms with van der Waals surface area (Å²) in [6.07, 6.45) is 5.22. The fourth-order valence-corrected chi connectivity index (χ4v) is 4.71. The molecule has 0 radical (unpaired) electrons. The van der Waals surface area contributed by atoms with Gasteiger partial charge in [0.05, 0.1) is 29.5 Å². The lowest BCUT2D eigenvalue weighted by Crippen LogP contribution is -2.31. The van der Waals surface area contributed by atoms with Gasteiger partial charge < -0.3 is 15.6 Å². The van der Waals surface area contributed by atoms with Crippen molar-refractivity contribution in [3.8, 4) is 17.3 Å². The number of nitrogens with one attached hydrogen (secondary N) is 3. The van der Waals surface area contributed by atoms with Crippen LogP contribution in [0.1, 0.15) is 24.1 Å². The number of carbonyl (C=O) groups excluding carboxylic acids is 1. The Morgan fingerprint density at radius 3 is 2.97 bits per heavy atom. The number of carbonyl (C=O) groups is 1. The largest absolute Gasteiger partial charge is 0.359 e. The van der Waals surface area contributed by atoms with Crippen molar-refractivity contribution in [3.63, 3.8) is 0 Å². The molecular weight excluding hydrogens is 454 g/mol. The highest BCUT2D eigenvalue weighted by molar-refractivity contribution is 6.06. The lowest BCUT2D eigenvalue weighted by Gasteiger charge is -2.15. The van der Waals surface area contributed by atoms with Crippen LogP contribution in [-0.2, 0) is 11.8 Å². The number of nitriles is 1. The maximum Gasteiger partial charge on any atom is 0.238 e. The molecule has 10 nitrogen and oxygen atoms in total. The predicted molar refractivity (Wildman–Crippen MR) is 139 cm³/mol. The zero-order valence-electron chi connectivity index (χ0n) is 20.7. The van der Waals surface area contributed by atoms with Gasteiger partial charge in [-0.05, 0) is 44.4 Å². The van der Waals surface area contributed by atoms with Gasteiger partial charge in [-0.25, -0.2) is 9.97 Å². The first-order valence-corrected chi connectivity index (χ1v) is 12.0. The van der Waals surface area contributed by atoms with E-state index >= 15 is 0 Å². The molecular formula is C26H29N9O. The van der Waals surface area contributed by atoms with Gasteiger partial charge in [-0.2, -0.15) is 10.4 Å². The highest BCUT2D eigenvalue weighted by Crippen LogP contribution is 2.33. The molecule has 0 spiro atoms. The van der Waals surface area contributed by atoms with Gasteiger partial charge in [-0.1, -0.05) is 12.1 Å². The molecule has 4 aromatic rings. The van der Waals surface area contributed by atoms with Crippen molar-refractivity contribution < 1.29 is 4.79 Å². The summed E-state index contributed by atoms with van der Waals surface area (Å²) >= 11 is 0. The molecule has 1 fully saturated rings. The molecule has 5 rings (SSSR count). The van der Waals surface area contributed by atoms with Crippen molar-refractivity contribution in [1.82, 2.24) is 29.6 Å². The van der Waals surface area contributed by atoms with Crippen LogP contribution in [0.5, 0.6) is 0 Å². The summed E-state index contributed by atoms with van der Waals surface area (Å²) in [6.45, 7) is 5.92. The number of nitrogens with zero attached hydrogens (tertiary/aromatic N) is 6. The third kappa shape index (κ3) is 4.78. The number of rotatable bonds is 7. The second-order valence-corrected chi connectivity index (χ2v) is 9.38. The van der Waals surface area contributed by atoms with Gasteiger partial charge in [0.1, 0.15) is 0 Å². The minimum absolute atomic E-state index is 0.0633. The number of benzene rings is 1. The lowest BCUT2D eigenvalue weighted by atomic mass is 10.1. The van der Waals surface area contributed by atoms with Crippen molar-refractivity contribution in [2.75, 3.05) is 30.3 Å². The van der Waals surface area contributed by atoms with Crippen molar-refractivity contribution >= 4 is 34.3 Å². The van der Waals surface area contributed by atoms with Crippen LogP contribution in [0.25, 0.3) is 22.2 Å². The molecule has 1 amide bonds. The fraction of sp³-hybridized carbons (Fsp3) is 0.346. The van der Waals surface area contributed by atoms with Crippen molar-refractivity contribution in [2.45, 2.75) is 26.7 Å². The quantitative estimate of drug-likeness (QED) is 0.364. The topological polar surface area (TPSA) is 128 Å². The summed E-state index contributed by atoms with van der Waals surface area (Å²) in [5, 5.41) is 20.5. The SMILES string of the molecule is Cc1cnc(Nc2cc(C)n(C)n2)nc1-c1c[nH]c2c(NC(=O)CN3CC[C@H](CC#N)C3)cccc12. The van der Waals surface area contributed by atoms with Crippen molar-refractivity contribution in [3.05, 3.63) is 47.9 Å². The smallest absolute Gasteiger partial charge is 0.238 e. The highest BCUT2D eigenvalue weighted by Gasteiger charge is 2.24. The van der Waals surface area contributed by atoms with E-state index in [4.69, 9.17) is 10.2 Å². The monoisotopic (exact) mass is 483 g/mol. The Kier molecular flexibility index (Phi) is 6.40. The third-order valence-corrected chi connectivity index (χ3v) is 6.69. The number of H-pyrrole nitrogens is 1. The second-order valence-electron chi connectivity index (χ2n) is 9.38. The van der Waals surface area contributed by atoms with Crippen LogP contribution in [0.3, 0.4) is 0 Å². The molecule has 1 aromatic carbocycles. The number of amides is 1. The third-order valence-electron chi connectivity index (χ3n) is 6.69. The number of aryl methyl sites for hydroxylation is 3. The molecule has 0 bridgehead atoms. The lowest BCUT2D eigenvalue weighted by molar-refractivity contribution is -0.117. The van der Waals surface area contributed by atoms with Gasteiger partial charge >= 0.3 is 0 Å². The van der Waals surface area contributed by atoms with Crippen LogP contribution in [0.4, 0.5) is 17.5 Å². The second kappa shape index (κ2) is 9.79. The standard InChI is InChI=1S/C26H29N9O/c1-16-12-29-26(31-22-11-17(2)34(3)33-22)32-24(16)20-13-28-25-19(20)5-4-6-21(25)30-23(36)15-35-10-8-18(14-35)7-9-27/h4-6,11-13,18,28H,7-8,10,14-15H2,1-3H3,(H,30,36)(H,29,31,32,33)/t18-/m0/s1.